The lowest BCUT2D eigenvalue weighted by Gasteiger charge is -2.31. The standard InChI is InChI=1S/C14H13NO.C14H22.C2H6/c1-16-14-8-6-13(7-9-14)12-4-2-11(10-15)3-5-12;1-11-3-7-13(8-4-11)14-9-5-12(2)6-10-14;1-2/h2-6,8-9,13H,7H2,1H3;3-4,7,12-14H,5-6,8-10H2,1-2H3;1-2H3. The average Bonchev–Trinajstić information content (AvgIpc) is 2.87. The smallest absolute Gasteiger partial charge is 0.114 e. The van der Waals surface area contributed by atoms with Crippen molar-refractivity contribution in [3.63, 3.8) is 0 Å². The summed E-state index contributed by atoms with van der Waals surface area (Å²) < 4.78 is 5.14. The van der Waals surface area contributed by atoms with Crippen molar-refractivity contribution in [3.05, 3.63) is 83.2 Å². The zero-order chi connectivity index (χ0) is 23.3. The third-order valence-electron chi connectivity index (χ3n) is 6.75. The fourth-order valence-corrected chi connectivity index (χ4v) is 4.61. The molecule has 2 heteroatoms. The van der Waals surface area contributed by atoms with Crippen molar-refractivity contribution in [2.24, 2.45) is 17.8 Å². The van der Waals surface area contributed by atoms with E-state index >= 15 is 0 Å². The predicted molar refractivity (Wildman–Crippen MR) is 136 cm³/mol. The van der Waals surface area contributed by atoms with Crippen LogP contribution in [0.2, 0.25) is 0 Å². The largest absolute Gasteiger partial charge is 0.497 e. The van der Waals surface area contributed by atoms with E-state index in [4.69, 9.17) is 10.00 Å². The van der Waals surface area contributed by atoms with Gasteiger partial charge in [-0.15, -0.1) is 0 Å². The molecule has 0 N–H and O–H groups in total. The van der Waals surface area contributed by atoms with Crippen molar-refractivity contribution in [2.45, 2.75) is 72.1 Å². The first-order chi connectivity index (χ1) is 15.6. The topological polar surface area (TPSA) is 33.0 Å². The fraction of sp³-hybridized carbons (Fsp3) is 0.500. The Morgan fingerprint density at radius 1 is 0.906 bits per heavy atom. The molecule has 1 aromatic carbocycles. The van der Waals surface area contributed by atoms with Crippen LogP contribution in [0.25, 0.3) is 0 Å². The molecule has 0 radical (unpaired) electrons. The first-order valence-electron chi connectivity index (χ1n) is 12.4. The average molecular weight is 432 g/mol. The molecule has 0 amide bonds. The zero-order valence-corrected chi connectivity index (χ0v) is 20.7. The summed E-state index contributed by atoms with van der Waals surface area (Å²) >= 11 is 0. The second-order valence-corrected chi connectivity index (χ2v) is 8.97. The van der Waals surface area contributed by atoms with E-state index < -0.39 is 0 Å². The lowest BCUT2D eigenvalue weighted by atomic mass is 9.74. The van der Waals surface area contributed by atoms with E-state index in [0.29, 0.717) is 11.5 Å². The Hall–Kier alpha value is -2.53. The highest BCUT2D eigenvalue weighted by atomic mass is 16.5. The molecule has 2 unspecified atom stereocenters. The number of allylic oxidation sites excluding steroid dienone is 7. The normalized spacial score (nSPS) is 26.2. The van der Waals surface area contributed by atoms with Crippen LogP contribution in [-0.4, -0.2) is 7.11 Å². The van der Waals surface area contributed by atoms with Gasteiger partial charge in [0, 0.05) is 5.92 Å². The molecule has 0 aromatic heterocycles. The molecule has 1 saturated carbocycles. The van der Waals surface area contributed by atoms with E-state index in [2.05, 4.69) is 50.3 Å². The van der Waals surface area contributed by atoms with Crippen molar-refractivity contribution in [1.29, 1.82) is 5.26 Å². The highest BCUT2D eigenvalue weighted by Gasteiger charge is 2.24. The lowest BCUT2D eigenvalue weighted by Crippen LogP contribution is -2.20. The lowest BCUT2D eigenvalue weighted by molar-refractivity contribution is 0.239. The van der Waals surface area contributed by atoms with Crippen molar-refractivity contribution in [3.8, 4) is 6.07 Å². The van der Waals surface area contributed by atoms with Crippen LogP contribution in [0.1, 0.15) is 83.3 Å². The number of nitrogens with zero attached hydrogens (tertiary/aromatic N) is 1. The van der Waals surface area contributed by atoms with Crippen LogP contribution in [0.4, 0.5) is 0 Å². The third kappa shape index (κ3) is 7.86. The van der Waals surface area contributed by atoms with E-state index in [9.17, 15) is 0 Å². The Bertz CT molecular complexity index is 842. The Labute approximate surface area is 196 Å². The van der Waals surface area contributed by atoms with Crippen LogP contribution in [0.3, 0.4) is 0 Å². The molecule has 172 valence electrons. The SMILES string of the molecule is CC.CC1=CCC(C2CCC(C)CC2)C=C1.COC1=CCC(c2ccc(C#N)cc2)C=C1. The highest BCUT2D eigenvalue weighted by molar-refractivity contribution is 5.36. The third-order valence-corrected chi connectivity index (χ3v) is 6.75. The van der Waals surface area contributed by atoms with Gasteiger partial charge in [0.2, 0.25) is 0 Å². The van der Waals surface area contributed by atoms with Gasteiger partial charge >= 0.3 is 0 Å². The maximum Gasteiger partial charge on any atom is 0.114 e. The highest BCUT2D eigenvalue weighted by Crippen LogP contribution is 2.36. The van der Waals surface area contributed by atoms with Crippen molar-refractivity contribution < 1.29 is 4.74 Å². The van der Waals surface area contributed by atoms with Crippen molar-refractivity contribution in [2.75, 3.05) is 7.11 Å². The molecule has 2 nitrogen and oxygen atoms in total. The Morgan fingerprint density at radius 2 is 1.59 bits per heavy atom. The molecule has 0 saturated heterocycles. The number of nitriles is 1. The fourth-order valence-electron chi connectivity index (χ4n) is 4.61. The number of rotatable bonds is 3. The molecule has 3 aliphatic rings. The monoisotopic (exact) mass is 431 g/mol. The second-order valence-electron chi connectivity index (χ2n) is 8.97. The van der Waals surface area contributed by atoms with E-state index in [0.717, 1.165) is 29.9 Å². The van der Waals surface area contributed by atoms with Gasteiger partial charge in [-0.2, -0.15) is 5.26 Å². The van der Waals surface area contributed by atoms with Gasteiger partial charge in [-0.3, -0.25) is 0 Å². The quantitative estimate of drug-likeness (QED) is 0.480. The van der Waals surface area contributed by atoms with Crippen LogP contribution in [-0.2, 0) is 4.74 Å². The van der Waals surface area contributed by atoms with Gasteiger partial charge in [0.15, 0.2) is 0 Å². The minimum absolute atomic E-state index is 0.395. The van der Waals surface area contributed by atoms with Gasteiger partial charge < -0.3 is 4.74 Å². The summed E-state index contributed by atoms with van der Waals surface area (Å²) in [6, 6.07) is 9.87. The van der Waals surface area contributed by atoms with Crippen molar-refractivity contribution in [1.82, 2.24) is 0 Å². The Kier molecular flexibility index (Phi) is 11.1. The van der Waals surface area contributed by atoms with Gasteiger partial charge in [0.25, 0.3) is 0 Å². The van der Waals surface area contributed by atoms with E-state index in [1.807, 2.05) is 44.2 Å². The van der Waals surface area contributed by atoms with Gasteiger partial charge in [-0.25, -0.2) is 0 Å². The minimum atomic E-state index is 0.395. The molecule has 1 fully saturated rings. The minimum Gasteiger partial charge on any atom is -0.497 e. The molecule has 3 aliphatic carbocycles. The summed E-state index contributed by atoms with van der Waals surface area (Å²) in [5, 5.41) is 8.72. The summed E-state index contributed by atoms with van der Waals surface area (Å²) in [7, 11) is 1.68. The molecule has 2 atom stereocenters. The van der Waals surface area contributed by atoms with Crippen LogP contribution in [0, 0.1) is 29.1 Å². The van der Waals surface area contributed by atoms with Crippen LogP contribution in [0.15, 0.2) is 72.1 Å². The summed E-state index contributed by atoms with van der Waals surface area (Å²) in [4.78, 5) is 0. The Balaban J connectivity index is 0.000000212. The molecule has 4 rings (SSSR count). The number of ether oxygens (including phenoxy) is 1. The molecule has 0 spiro atoms. The maximum absolute atomic E-state index is 8.72. The molecule has 1 aromatic rings. The molecular weight excluding hydrogens is 390 g/mol. The van der Waals surface area contributed by atoms with Gasteiger partial charge in [-0.05, 0) is 80.2 Å². The summed E-state index contributed by atoms with van der Waals surface area (Å²) in [6.07, 6.45) is 21.5. The number of benzene rings is 1. The molecule has 0 bridgehead atoms. The first kappa shape index (κ1) is 25.7. The summed E-state index contributed by atoms with van der Waals surface area (Å²) in [5.41, 5.74) is 3.39. The van der Waals surface area contributed by atoms with Crippen molar-refractivity contribution >= 4 is 0 Å². The van der Waals surface area contributed by atoms with E-state index in [1.54, 1.807) is 7.11 Å². The number of methoxy groups -OCH3 is 1. The molecule has 0 aliphatic heterocycles. The summed E-state index contributed by atoms with van der Waals surface area (Å²) in [6.45, 7) is 8.60. The summed E-state index contributed by atoms with van der Waals surface area (Å²) in [5.74, 6) is 4.13. The Morgan fingerprint density at radius 3 is 2.09 bits per heavy atom. The zero-order valence-electron chi connectivity index (χ0n) is 20.7. The molecule has 32 heavy (non-hydrogen) atoms. The molecule has 0 heterocycles. The molecular formula is C30H41NO. The number of hydrogen-bond acceptors (Lipinski definition) is 2. The van der Waals surface area contributed by atoms with Crippen LogP contribution < -0.4 is 0 Å². The number of hydrogen-bond donors (Lipinski definition) is 0. The van der Waals surface area contributed by atoms with Gasteiger partial charge in [0.1, 0.15) is 5.76 Å². The van der Waals surface area contributed by atoms with Gasteiger partial charge in [-0.1, -0.05) is 75.6 Å². The maximum atomic E-state index is 8.72. The first-order valence-corrected chi connectivity index (χ1v) is 12.4. The van der Waals surface area contributed by atoms with Crippen LogP contribution in [0.5, 0.6) is 0 Å². The predicted octanol–water partition coefficient (Wildman–Crippen LogP) is 8.49. The van der Waals surface area contributed by atoms with E-state index in [-0.39, 0.29) is 0 Å². The second kappa shape index (κ2) is 13.8. The van der Waals surface area contributed by atoms with Gasteiger partial charge in [0.05, 0.1) is 18.7 Å². The van der Waals surface area contributed by atoms with Crippen LogP contribution >= 0.6 is 0 Å². The van der Waals surface area contributed by atoms with E-state index in [1.165, 1.54) is 43.2 Å².